The maximum Gasteiger partial charge on any atom is 0.221 e. The third-order valence-corrected chi connectivity index (χ3v) is 2.23. The summed E-state index contributed by atoms with van der Waals surface area (Å²) in [4.78, 5) is 4.87. The van der Waals surface area contributed by atoms with Gasteiger partial charge in [0.25, 0.3) is 0 Å². The Labute approximate surface area is 85.9 Å². The van der Waals surface area contributed by atoms with Crippen LogP contribution in [-0.2, 0) is 4.74 Å². The number of methoxy groups -OCH3 is 1. The topological polar surface area (TPSA) is 71.4 Å². The molecule has 4 nitrogen and oxygen atoms in total. The van der Waals surface area contributed by atoms with Crippen LogP contribution in [0.25, 0.3) is 0 Å². The first kappa shape index (κ1) is 10.3. The normalized spacial score (nSPS) is 12.3. The first-order valence-electron chi connectivity index (χ1n) is 3.79. The van der Waals surface area contributed by atoms with Gasteiger partial charge in [-0.3, -0.25) is 0 Å². The fraction of sp³-hybridized carbons (Fsp3) is 0.111. The highest BCUT2D eigenvalue weighted by Gasteiger charge is 1.99. The molecular weight excluding hydrogens is 198 g/mol. The van der Waals surface area contributed by atoms with Gasteiger partial charge < -0.3 is 10.5 Å². The van der Waals surface area contributed by atoms with Crippen LogP contribution in [0, 0.1) is 11.3 Å². The van der Waals surface area contributed by atoms with E-state index in [-0.39, 0.29) is 11.6 Å². The lowest BCUT2D eigenvalue weighted by molar-refractivity contribution is 0.284. The number of aliphatic imine (C=N–C) groups is 1. The minimum atomic E-state index is 0.0281. The summed E-state index contributed by atoms with van der Waals surface area (Å²) in [6.45, 7) is 0. The van der Waals surface area contributed by atoms with Crippen LogP contribution >= 0.6 is 11.3 Å². The molecule has 0 atom stereocenters. The van der Waals surface area contributed by atoms with Gasteiger partial charge in [0.2, 0.25) is 5.88 Å². The molecule has 5 heteroatoms. The summed E-state index contributed by atoms with van der Waals surface area (Å²) in [6, 6.07) is 5.65. The molecule has 1 aromatic rings. The third-order valence-electron chi connectivity index (χ3n) is 1.42. The Bertz CT molecular complexity index is 387. The number of nitrogens with two attached hydrogens (primary N) is 1. The number of rotatable bonds is 3. The predicted octanol–water partition coefficient (Wildman–Crippen LogP) is 1.46. The average Bonchev–Trinajstić information content (AvgIpc) is 2.71. The van der Waals surface area contributed by atoms with Crippen LogP contribution in [0.5, 0.6) is 0 Å². The van der Waals surface area contributed by atoms with Crippen molar-refractivity contribution < 1.29 is 4.74 Å². The van der Waals surface area contributed by atoms with Gasteiger partial charge in [0, 0.05) is 11.1 Å². The van der Waals surface area contributed by atoms with Crippen molar-refractivity contribution in [2.24, 2.45) is 10.7 Å². The molecule has 1 rings (SSSR count). The number of hydrogen-bond acceptors (Lipinski definition) is 5. The van der Waals surface area contributed by atoms with E-state index in [1.165, 1.54) is 18.4 Å². The van der Waals surface area contributed by atoms with Gasteiger partial charge in [-0.2, -0.15) is 5.26 Å². The first-order valence-corrected chi connectivity index (χ1v) is 4.67. The molecule has 0 fully saturated rings. The van der Waals surface area contributed by atoms with Gasteiger partial charge in [-0.05, 0) is 11.4 Å². The van der Waals surface area contributed by atoms with Crippen LogP contribution in [0.4, 0.5) is 0 Å². The molecule has 72 valence electrons. The van der Waals surface area contributed by atoms with Gasteiger partial charge in [0.1, 0.15) is 6.07 Å². The third kappa shape index (κ3) is 2.61. The summed E-state index contributed by atoms with van der Waals surface area (Å²) in [7, 11) is 1.40. The van der Waals surface area contributed by atoms with Gasteiger partial charge in [0.05, 0.1) is 7.11 Å². The summed E-state index contributed by atoms with van der Waals surface area (Å²) in [6.07, 6.45) is 1.58. The molecule has 0 amide bonds. The lowest BCUT2D eigenvalue weighted by Crippen LogP contribution is -2.02. The lowest BCUT2D eigenvalue weighted by Gasteiger charge is -1.97. The molecular formula is C9H9N3OS. The van der Waals surface area contributed by atoms with E-state index < -0.39 is 0 Å². The zero-order chi connectivity index (χ0) is 10.4. The molecule has 1 aromatic heterocycles. The highest BCUT2D eigenvalue weighted by molar-refractivity contribution is 7.11. The summed E-state index contributed by atoms with van der Waals surface area (Å²) in [5.74, 6) is 0.0281. The standard InChI is InChI=1S/C9H9N3OS/c1-13-9(11)8(5-10)12-6-7-3-2-4-14-7/h2-4,6H,11H2,1H3/b9-8+,12-6?. The van der Waals surface area contributed by atoms with Crippen molar-refractivity contribution >= 4 is 17.6 Å². The van der Waals surface area contributed by atoms with E-state index >= 15 is 0 Å². The second-order valence-corrected chi connectivity index (χ2v) is 3.28. The quantitative estimate of drug-likeness (QED) is 0.463. The zero-order valence-electron chi connectivity index (χ0n) is 7.60. The molecule has 0 aliphatic heterocycles. The smallest absolute Gasteiger partial charge is 0.221 e. The van der Waals surface area contributed by atoms with Crippen molar-refractivity contribution in [3.8, 4) is 6.07 Å². The summed E-state index contributed by atoms with van der Waals surface area (Å²) in [5, 5.41) is 10.6. The molecule has 14 heavy (non-hydrogen) atoms. The van der Waals surface area contributed by atoms with Crippen LogP contribution in [0.2, 0.25) is 0 Å². The van der Waals surface area contributed by atoms with Gasteiger partial charge in [-0.15, -0.1) is 11.3 Å². The Balaban J connectivity index is 2.82. The lowest BCUT2D eigenvalue weighted by atomic mass is 10.4. The predicted molar refractivity (Wildman–Crippen MR) is 55.7 cm³/mol. The van der Waals surface area contributed by atoms with Crippen LogP contribution < -0.4 is 5.73 Å². The zero-order valence-corrected chi connectivity index (χ0v) is 8.41. The Morgan fingerprint density at radius 1 is 1.79 bits per heavy atom. The van der Waals surface area contributed by atoms with Gasteiger partial charge >= 0.3 is 0 Å². The monoisotopic (exact) mass is 207 g/mol. The highest BCUT2D eigenvalue weighted by Crippen LogP contribution is 2.07. The molecule has 1 heterocycles. The summed E-state index contributed by atoms with van der Waals surface area (Å²) >= 11 is 1.53. The summed E-state index contributed by atoms with van der Waals surface area (Å²) in [5.41, 5.74) is 5.48. The van der Waals surface area contributed by atoms with Crippen molar-refractivity contribution in [2.45, 2.75) is 0 Å². The number of nitrogens with zero attached hydrogens (tertiary/aromatic N) is 2. The van der Waals surface area contributed by atoms with Crippen LogP contribution in [-0.4, -0.2) is 13.3 Å². The molecule has 2 N–H and O–H groups in total. The minimum absolute atomic E-state index is 0.0281. The fourth-order valence-electron chi connectivity index (χ4n) is 0.737. The van der Waals surface area contributed by atoms with Crippen LogP contribution in [0.1, 0.15) is 4.88 Å². The van der Waals surface area contributed by atoms with Gasteiger partial charge in [-0.25, -0.2) is 4.99 Å². The van der Waals surface area contributed by atoms with E-state index in [4.69, 9.17) is 15.7 Å². The second kappa shape index (κ2) is 5.04. The maximum atomic E-state index is 8.68. The molecule has 0 unspecified atom stereocenters. The Hall–Kier alpha value is -1.80. The van der Waals surface area contributed by atoms with E-state index in [9.17, 15) is 0 Å². The van der Waals surface area contributed by atoms with Crippen molar-refractivity contribution in [3.05, 3.63) is 34.0 Å². The van der Waals surface area contributed by atoms with E-state index in [1.54, 1.807) is 6.21 Å². The number of nitriles is 1. The van der Waals surface area contributed by atoms with Gasteiger partial charge in [-0.1, -0.05) is 6.07 Å². The van der Waals surface area contributed by atoms with Crippen LogP contribution in [0.15, 0.2) is 34.1 Å². The van der Waals surface area contributed by atoms with Crippen molar-refractivity contribution in [1.29, 1.82) is 5.26 Å². The Kier molecular flexibility index (Phi) is 3.70. The second-order valence-electron chi connectivity index (χ2n) is 2.30. The molecule has 0 aromatic carbocycles. The fourth-order valence-corrected chi connectivity index (χ4v) is 1.32. The number of allylic oxidation sites excluding steroid dienone is 1. The van der Waals surface area contributed by atoms with E-state index in [2.05, 4.69) is 4.99 Å². The largest absolute Gasteiger partial charge is 0.481 e. The van der Waals surface area contributed by atoms with Crippen molar-refractivity contribution in [1.82, 2.24) is 0 Å². The maximum absolute atomic E-state index is 8.68. The Morgan fingerprint density at radius 3 is 3.07 bits per heavy atom. The van der Waals surface area contributed by atoms with Crippen molar-refractivity contribution in [2.75, 3.05) is 7.11 Å². The highest BCUT2D eigenvalue weighted by atomic mass is 32.1. The van der Waals surface area contributed by atoms with Crippen molar-refractivity contribution in [3.63, 3.8) is 0 Å². The molecule has 0 saturated carbocycles. The molecule has 0 saturated heterocycles. The first-order chi connectivity index (χ1) is 6.77. The van der Waals surface area contributed by atoms with Gasteiger partial charge in [0.15, 0.2) is 5.70 Å². The SMILES string of the molecule is CO/C(N)=C(\C#N)N=Cc1cccs1. The van der Waals surface area contributed by atoms with Crippen LogP contribution in [0.3, 0.4) is 0 Å². The summed E-state index contributed by atoms with van der Waals surface area (Å²) < 4.78 is 4.70. The Morgan fingerprint density at radius 2 is 2.57 bits per heavy atom. The average molecular weight is 207 g/mol. The van der Waals surface area contributed by atoms with E-state index in [0.717, 1.165) is 4.88 Å². The number of ether oxygens (including phenoxy) is 1. The van der Waals surface area contributed by atoms with E-state index in [1.807, 2.05) is 23.6 Å². The molecule has 0 spiro atoms. The molecule has 0 radical (unpaired) electrons. The molecule has 0 bridgehead atoms. The minimum Gasteiger partial charge on any atom is -0.481 e. The van der Waals surface area contributed by atoms with E-state index in [0.29, 0.717) is 0 Å². The molecule has 0 aliphatic rings. The number of thiophene rings is 1. The molecule has 0 aliphatic carbocycles. The number of hydrogen-bond donors (Lipinski definition) is 1.